The third-order valence-corrected chi connectivity index (χ3v) is 4.02. The molecular weight excluding hydrogens is 308 g/mol. The van der Waals surface area contributed by atoms with Gasteiger partial charge in [0.15, 0.2) is 0 Å². The fourth-order valence-corrected chi connectivity index (χ4v) is 2.96. The molecule has 3 rings (SSSR count). The molecule has 3 aromatic rings. The van der Waals surface area contributed by atoms with Crippen LogP contribution >= 0.6 is 11.6 Å². The Morgan fingerprint density at radius 1 is 0.739 bits per heavy atom. The number of ether oxygens (including phenoxy) is 2. The van der Waals surface area contributed by atoms with Crippen LogP contribution in [-0.4, -0.2) is 13.2 Å². The fourth-order valence-electron chi connectivity index (χ4n) is 2.79. The van der Waals surface area contributed by atoms with Crippen molar-refractivity contribution in [2.45, 2.75) is 26.7 Å². The molecule has 0 bridgehead atoms. The number of hydrogen-bond acceptors (Lipinski definition) is 2. The fraction of sp³-hybridized carbons (Fsp3) is 0.300. The SMILES string of the molecule is CCCOc1c2ccccc2c(OCCC)c2cc(Cl)ccc12. The molecule has 0 aliphatic rings. The van der Waals surface area contributed by atoms with E-state index in [1.807, 2.05) is 30.3 Å². The van der Waals surface area contributed by atoms with Crippen LogP contribution in [0.4, 0.5) is 0 Å². The zero-order valence-electron chi connectivity index (χ0n) is 13.6. The van der Waals surface area contributed by atoms with Crippen LogP contribution in [0, 0.1) is 0 Å². The zero-order valence-corrected chi connectivity index (χ0v) is 14.3. The Labute approximate surface area is 142 Å². The quantitative estimate of drug-likeness (QED) is 0.500. The maximum atomic E-state index is 6.24. The predicted octanol–water partition coefficient (Wildman–Crippen LogP) is 6.22. The van der Waals surface area contributed by atoms with Gasteiger partial charge in [0.1, 0.15) is 11.5 Å². The van der Waals surface area contributed by atoms with E-state index in [1.54, 1.807) is 0 Å². The number of fused-ring (bicyclic) bond motifs is 2. The molecule has 3 heteroatoms. The van der Waals surface area contributed by atoms with Crippen molar-refractivity contribution in [1.29, 1.82) is 0 Å². The summed E-state index contributed by atoms with van der Waals surface area (Å²) in [6.45, 7) is 5.59. The second kappa shape index (κ2) is 7.10. The lowest BCUT2D eigenvalue weighted by Gasteiger charge is -2.17. The van der Waals surface area contributed by atoms with E-state index < -0.39 is 0 Å². The normalized spacial score (nSPS) is 11.1. The topological polar surface area (TPSA) is 18.5 Å². The summed E-state index contributed by atoms with van der Waals surface area (Å²) >= 11 is 6.24. The second-order valence-corrected chi connectivity index (χ2v) is 6.03. The van der Waals surface area contributed by atoms with Crippen molar-refractivity contribution < 1.29 is 9.47 Å². The molecule has 120 valence electrons. The van der Waals surface area contributed by atoms with Gasteiger partial charge in [0.25, 0.3) is 0 Å². The van der Waals surface area contributed by atoms with Gasteiger partial charge in [0.05, 0.1) is 13.2 Å². The monoisotopic (exact) mass is 328 g/mol. The molecular formula is C20H21ClO2. The third kappa shape index (κ3) is 3.09. The molecule has 0 aliphatic carbocycles. The van der Waals surface area contributed by atoms with Crippen LogP contribution in [0.15, 0.2) is 42.5 Å². The van der Waals surface area contributed by atoms with E-state index in [2.05, 4.69) is 26.0 Å². The van der Waals surface area contributed by atoms with Crippen LogP contribution in [-0.2, 0) is 0 Å². The van der Waals surface area contributed by atoms with Crippen LogP contribution in [0.25, 0.3) is 21.5 Å². The van der Waals surface area contributed by atoms with Crippen molar-refractivity contribution in [1.82, 2.24) is 0 Å². The molecule has 0 saturated carbocycles. The molecule has 3 aromatic carbocycles. The van der Waals surface area contributed by atoms with Gasteiger partial charge >= 0.3 is 0 Å². The number of halogens is 1. The highest BCUT2D eigenvalue weighted by molar-refractivity contribution is 6.31. The van der Waals surface area contributed by atoms with E-state index in [4.69, 9.17) is 21.1 Å². The maximum Gasteiger partial charge on any atom is 0.135 e. The summed E-state index contributed by atoms with van der Waals surface area (Å²) in [7, 11) is 0. The summed E-state index contributed by atoms with van der Waals surface area (Å²) in [5, 5.41) is 4.92. The van der Waals surface area contributed by atoms with Crippen LogP contribution in [0.2, 0.25) is 5.02 Å². The number of rotatable bonds is 6. The van der Waals surface area contributed by atoms with E-state index >= 15 is 0 Å². The van der Waals surface area contributed by atoms with Crippen molar-refractivity contribution in [2.24, 2.45) is 0 Å². The van der Waals surface area contributed by atoms with Crippen LogP contribution in [0.1, 0.15) is 26.7 Å². The van der Waals surface area contributed by atoms with E-state index in [0.29, 0.717) is 18.2 Å². The first-order valence-corrected chi connectivity index (χ1v) is 8.53. The van der Waals surface area contributed by atoms with Crippen molar-refractivity contribution in [3.8, 4) is 11.5 Å². The van der Waals surface area contributed by atoms with Crippen molar-refractivity contribution >= 4 is 33.1 Å². The van der Waals surface area contributed by atoms with Gasteiger partial charge in [-0.1, -0.05) is 49.7 Å². The van der Waals surface area contributed by atoms with Crippen LogP contribution in [0.3, 0.4) is 0 Å². The summed E-state index contributed by atoms with van der Waals surface area (Å²) in [4.78, 5) is 0. The third-order valence-electron chi connectivity index (χ3n) is 3.79. The van der Waals surface area contributed by atoms with Crippen molar-refractivity contribution in [2.75, 3.05) is 13.2 Å². The smallest absolute Gasteiger partial charge is 0.135 e. The number of hydrogen-bond donors (Lipinski definition) is 0. The van der Waals surface area contributed by atoms with E-state index in [9.17, 15) is 0 Å². The first kappa shape index (κ1) is 15.9. The Morgan fingerprint density at radius 3 is 1.83 bits per heavy atom. The maximum absolute atomic E-state index is 6.24. The van der Waals surface area contributed by atoms with Gasteiger partial charge in [0.2, 0.25) is 0 Å². The molecule has 0 spiro atoms. The first-order chi connectivity index (χ1) is 11.3. The lowest BCUT2D eigenvalue weighted by atomic mass is 10.0. The van der Waals surface area contributed by atoms with Crippen molar-refractivity contribution in [3.05, 3.63) is 47.5 Å². The summed E-state index contributed by atoms with van der Waals surface area (Å²) in [6, 6.07) is 14.1. The Bertz CT molecular complexity index is 827. The van der Waals surface area contributed by atoms with Crippen LogP contribution in [0.5, 0.6) is 11.5 Å². The minimum atomic E-state index is 0.681. The standard InChI is InChI=1S/C20H21ClO2/c1-3-11-22-19-15-7-5-6-8-16(15)20(23-12-4-2)18-13-14(21)9-10-17(18)19/h5-10,13H,3-4,11-12H2,1-2H3. The zero-order chi connectivity index (χ0) is 16.2. The van der Waals surface area contributed by atoms with Gasteiger partial charge in [-0.15, -0.1) is 0 Å². The lowest BCUT2D eigenvalue weighted by Crippen LogP contribution is -2.01. The molecule has 0 radical (unpaired) electrons. The minimum Gasteiger partial charge on any atom is -0.492 e. The van der Waals surface area contributed by atoms with E-state index in [0.717, 1.165) is 45.9 Å². The molecule has 0 saturated heterocycles. The van der Waals surface area contributed by atoms with Gasteiger partial charge in [0, 0.05) is 26.6 Å². The average Bonchev–Trinajstić information content (AvgIpc) is 2.58. The molecule has 2 nitrogen and oxygen atoms in total. The van der Waals surface area contributed by atoms with Crippen LogP contribution < -0.4 is 9.47 Å². The van der Waals surface area contributed by atoms with Gasteiger partial charge in [-0.3, -0.25) is 0 Å². The predicted molar refractivity (Wildman–Crippen MR) is 98.0 cm³/mol. The summed E-state index contributed by atoms with van der Waals surface area (Å²) in [6.07, 6.45) is 1.93. The van der Waals surface area contributed by atoms with E-state index in [1.165, 1.54) is 0 Å². The summed E-state index contributed by atoms with van der Waals surface area (Å²) in [5.74, 6) is 1.81. The Balaban J connectivity index is 2.35. The molecule has 0 atom stereocenters. The molecule has 0 aromatic heterocycles. The molecule has 0 N–H and O–H groups in total. The summed E-state index contributed by atoms with van der Waals surface area (Å²) < 4.78 is 12.2. The van der Waals surface area contributed by atoms with Gasteiger partial charge in [-0.05, 0) is 31.0 Å². The highest BCUT2D eigenvalue weighted by Gasteiger charge is 2.16. The molecule has 0 fully saturated rings. The molecule has 0 heterocycles. The van der Waals surface area contributed by atoms with Gasteiger partial charge < -0.3 is 9.47 Å². The Kier molecular flexibility index (Phi) is 4.92. The average molecular weight is 329 g/mol. The number of benzene rings is 3. The van der Waals surface area contributed by atoms with Crippen molar-refractivity contribution in [3.63, 3.8) is 0 Å². The molecule has 23 heavy (non-hydrogen) atoms. The molecule has 0 unspecified atom stereocenters. The lowest BCUT2D eigenvalue weighted by molar-refractivity contribution is 0.319. The Morgan fingerprint density at radius 2 is 1.26 bits per heavy atom. The molecule has 0 amide bonds. The minimum absolute atomic E-state index is 0.681. The first-order valence-electron chi connectivity index (χ1n) is 8.15. The van der Waals surface area contributed by atoms with Gasteiger partial charge in [-0.2, -0.15) is 0 Å². The highest BCUT2D eigenvalue weighted by Crippen LogP contribution is 2.43. The second-order valence-electron chi connectivity index (χ2n) is 5.59. The highest BCUT2D eigenvalue weighted by atomic mass is 35.5. The largest absolute Gasteiger partial charge is 0.492 e. The summed E-state index contributed by atoms with van der Waals surface area (Å²) in [5.41, 5.74) is 0. The van der Waals surface area contributed by atoms with E-state index in [-0.39, 0.29) is 0 Å². The molecule has 0 aliphatic heterocycles. The Hall–Kier alpha value is -1.93. The van der Waals surface area contributed by atoms with Gasteiger partial charge in [-0.25, -0.2) is 0 Å².